The highest BCUT2D eigenvalue weighted by Crippen LogP contribution is 2.24. The van der Waals surface area contributed by atoms with Crippen LogP contribution in [0, 0.1) is 0 Å². The number of hydrogen-bond acceptors (Lipinski definition) is 3. The van der Waals surface area contributed by atoms with Crippen LogP contribution in [0.3, 0.4) is 0 Å². The molecule has 1 aliphatic rings. The molecular formula is C12H23NO2. The van der Waals surface area contributed by atoms with Crippen molar-refractivity contribution >= 4 is 5.97 Å². The Kier molecular flexibility index (Phi) is 5.09. The minimum Gasteiger partial charge on any atom is -0.465 e. The maximum Gasteiger partial charge on any atom is 0.320 e. The third-order valence-corrected chi connectivity index (χ3v) is 3.07. The van der Waals surface area contributed by atoms with Gasteiger partial charge < -0.3 is 4.74 Å². The third kappa shape index (κ3) is 3.82. The Labute approximate surface area is 92.8 Å². The van der Waals surface area contributed by atoms with Gasteiger partial charge in [-0.1, -0.05) is 12.8 Å². The summed E-state index contributed by atoms with van der Waals surface area (Å²) in [5.41, 5.74) is 0. The molecule has 0 N–H and O–H groups in total. The first-order chi connectivity index (χ1) is 7.15. The van der Waals surface area contributed by atoms with E-state index in [0.29, 0.717) is 25.2 Å². The second-order valence-electron chi connectivity index (χ2n) is 4.51. The van der Waals surface area contributed by atoms with E-state index in [1.165, 1.54) is 25.7 Å². The molecule has 0 atom stereocenters. The summed E-state index contributed by atoms with van der Waals surface area (Å²) in [5, 5.41) is 0. The molecule has 1 saturated carbocycles. The second-order valence-corrected chi connectivity index (χ2v) is 4.51. The maximum atomic E-state index is 11.5. The van der Waals surface area contributed by atoms with Gasteiger partial charge in [0.05, 0.1) is 13.2 Å². The average molecular weight is 213 g/mol. The molecule has 0 bridgehead atoms. The highest BCUT2D eigenvalue weighted by Gasteiger charge is 2.26. The molecule has 3 heteroatoms. The van der Waals surface area contributed by atoms with Crippen LogP contribution in [0.1, 0.15) is 46.5 Å². The van der Waals surface area contributed by atoms with Gasteiger partial charge in [-0.25, -0.2) is 0 Å². The van der Waals surface area contributed by atoms with Gasteiger partial charge in [0.1, 0.15) is 0 Å². The fraction of sp³-hybridized carbons (Fsp3) is 0.917. The van der Waals surface area contributed by atoms with Crippen molar-refractivity contribution in [3.05, 3.63) is 0 Å². The highest BCUT2D eigenvalue weighted by molar-refractivity contribution is 5.71. The fourth-order valence-electron chi connectivity index (χ4n) is 2.32. The summed E-state index contributed by atoms with van der Waals surface area (Å²) in [7, 11) is 0. The summed E-state index contributed by atoms with van der Waals surface area (Å²) in [6.07, 6.45) is 5.07. The first kappa shape index (κ1) is 12.5. The van der Waals surface area contributed by atoms with E-state index in [4.69, 9.17) is 4.74 Å². The summed E-state index contributed by atoms with van der Waals surface area (Å²) >= 11 is 0. The first-order valence-electron chi connectivity index (χ1n) is 6.06. The Balaban J connectivity index is 2.46. The zero-order chi connectivity index (χ0) is 11.3. The average Bonchev–Trinajstić information content (AvgIpc) is 2.66. The normalized spacial score (nSPS) is 17.7. The number of nitrogens with zero attached hydrogens (tertiary/aromatic N) is 1. The van der Waals surface area contributed by atoms with E-state index in [9.17, 15) is 4.79 Å². The number of carbonyl (C=O) groups excluding carboxylic acids is 1. The zero-order valence-corrected chi connectivity index (χ0v) is 10.2. The quantitative estimate of drug-likeness (QED) is 0.656. The summed E-state index contributed by atoms with van der Waals surface area (Å²) in [4.78, 5) is 13.7. The monoisotopic (exact) mass is 213 g/mol. The van der Waals surface area contributed by atoms with Crippen LogP contribution < -0.4 is 0 Å². The van der Waals surface area contributed by atoms with Crippen molar-refractivity contribution in [3.63, 3.8) is 0 Å². The number of carbonyl (C=O) groups is 1. The fourth-order valence-corrected chi connectivity index (χ4v) is 2.32. The number of esters is 1. The molecule has 0 aromatic heterocycles. The van der Waals surface area contributed by atoms with Crippen LogP contribution >= 0.6 is 0 Å². The molecule has 0 radical (unpaired) electrons. The van der Waals surface area contributed by atoms with Gasteiger partial charge in [0, 0.05) is 12.1 Å². The van der Waals surface area contributed by atoms with Crippen molar-refractivity contribution < 1.29 is 9.53 Å². The van der Waals surface area contributed by atoms with Crippen molar-refractivity contribution in [2.45, 2.75) is 58.5 Å². The number of rotatable bonds is 5. The van der Waals surface area contributed by atoms with Gasteiger partial charge in [0.2, 0.25) is 0 Å². The Morgan fingerprint density at radius 2 is 2.00 bits per heavy atom. The Hall–Kier alpha value is -0.570. The lowest BCUT2D eigenvalue weighted by Gasteiger charge is -2.31. The van der Waals surface area contributed by atoms with Crippen molar-refractivity contribution in [1.82, 2.24) is 4.90 Å². The number of ether oxygens (including phenoxy) is 1. The van der Waals surface area contributed by atoms with E-state index < -0.39 is 0 Å². The van der Waals surface area contributed by atoms with Gasteiger partial charge in [-0.2, -0.15) is 0 Å². The lowest BCUT2D eigenvalue weighted by Crippen LogP contribution is -2.42. The van der Waals surface area contributed by atoms with Gasteiger partial charge in [0.15, 0.2) is 0 Å². The molecule has 0 amide bonds. The lowest BCUT2D eigenvalue weighted by atomic mass is 10.1. The van der Waals surface area contributed by atoms with Crippen molar-refractivity contribution in [2.24, 2.45) is 0 Å². The topological polar surface area (TPSA) is 29.5 Å². The minimum absolute atomic E-state index is 0.0851. The van der Waals surface area contributed by atoms with E-state index in [1.807, 2.05) is 6.92 Å². The molecule has 0 heterocycles. The zero-order valence-electron chi connectivity index (χ0n) is 10.2. The minimum atomic E-state index is -0.0851. The molecule has 1 fully saturated rings. The van der Waals surface area contributed by atoms with Crippen LogP contribution in [-0.4, -0.2) is 36.1 Å². The van der Waals surface area contributed by atoms with E-state index in [1.54, 1.807) is 0 Å². The van der Waals surface area contributed by atoms with Crippen LogP contribution in [0.4, 0.5) is 0 Å². The first-order valence-corrected chi connectivity index (χ1v) is 6.06. The van der Waals surface area contributed by atoms with Crippen LogP contribution in [0.15, 0.2) is 0 Å². The van der Waals surface area contributed by atoms with E-state index in [2.05, 4.69) is 18.7 Å². The van der Waals surface area contributed by atoms with E-state index in [0.717, 1.165) is 0 Å². The largest absolute Gasteiger partial charge is 0.465 e. The van der Waals surface area contributed by atoms with Gasteiger partial charge in [-0.15, -0.1) is 0 Å². The van der Waals surface area contributed by atoms with Crippen molar-refractivity contribution in [1.29, 1.82) is 0 Å². The molecule has 0 unspecified atom stereocenters. The van der Waals surface area contributed by atoms with Gasteiger partial charge in [0.25, 0.3) is 0 Å². The summed E-state index contributed by atoms with van der Waals surface area (Å²) < 4.78 is 5.00. The third-order valence-electron chi connectivity index (χ3n) is 3.07. The van der Waals surface area contributed by atoms with E-state index in [-0.39, 0.29) is 5.97 Å². The van der Waals surface area contributed by atoms with Crippen LogP contribution in [0.25, 0.3) is 0 Å². The van der Waals surface area contributed by atoms with Crippen LogP contribution in [0.5, 0.6) is 0 Å². The van der Waals surface area contributed by atoms with Gasteiger partial charge in [-0.05, 0) is 33.6 Å². The summed E-state index contributed by atoms with van der Waals surface area (Å²) in [5.74, 6) is -0.0851. The van der Waals surface area contributed by atoms with Gasteiger partial charge >= 0.3 is 5.97 Å². The molecule has 1 aliphatic carbocycles. The molecule has 0 aliphatic heterocycles. The molecule has 0 aromatic rings. The van der Waals surface area contributed by atoms with Crippen LogP contribution in [-0.2, 0) is 9.53 Å². The SMILES string of the molecule is CCOC(=O)CN(C(C)C)C1CCCC1. The predicted octanol–water partition coefficient (Wildman–Crippen LogP) is 2.20. The Morgan fingerprint density at radius 3 is 2.47 bits per heavy atom. The summed E-state index contributed by atoms with van der Waals surface area (Å²) in [6, 6.07) is 1.02. The molecule has 0 spiro atoms. The highest BCUT2D eigenvalue weighted by atomic mass is 16.5. The standard InChI is InChI=1S/C12H23NO2/c1-4-15-12(14)9-13(10(2)3)11-7-5-6-8-11/h10-11H,4-9H2,1-3H3. The molecule has 0 aromatic carbocycles. The molecule has 15 heavy (non-hydrogen) atoms. The molecular weight excluding hydrogens is 190 g/mol. The molecule has 88 valence electrons. The summed E-state index contributed by atoms with van der Waals surface area (Å²) in [6.45, 7) is 7.09. The molecule has 3 nitrogen and oxygen atoms in total. The predicted molar refractivity (Wildman–Crippen MR) is 60.7 cm³/mol. The number of hydrogen-bond donors (Lipinski definition) is 0. The maximum absolute atomic E-state index is 11.5. The smallest absolute Gasteiger partial charge is 0.320 e. The van der Waals surface area contributed by atoms with E-state index >= 15 is 0 Å². The van der Waals surface area contributed by atoms with Crippen molar-refractivity contribution in [2.75, 3.05) is 13.2 Å². The Bertz CT molecular complexity index is 198. The molecule has 1 rings (SSSR count). The Morgan fingerprint density at radius 1 is 1.40 bits per heavy atom. The van der Waals surface area contributed by atoms with Gasteiger partial charge in [-0.3, -0.25) is 9.69 Å². The second kappa shape index (κ2) is 6.11. The molecule has 0 saturated heterocycles. The lowest BCUT2D eigenvalue weighted by molar-refractivity contribution is -0.145. The van der Waals surface area contributed by atoms with Crippen molar-refractivity contribution in [3.8, 4) is 0 Å². The van der Waals surface area contributed by atoms with Crippen LogP contribution in [0.2, 0.25) is 0 Å².